The van der Waals surface area contributed by atoms with Crippen LogP contribution in [0.4, 0.5) is 11.4 Å². The van der Waals surface area contributed by atoms with Crippen molar-refractivity contribution in [2.75, 3.05) is 0 Å². The SMILES string of the molecule is Cc1ccc(Sc2ccc([N+](=O)[O-])cc2[N+](=O)[O-])s1. The minimum atomic E-state index is -0.642. The molecule has 0 aliphatic rings. The summed E-state index contributed by atoms with van der Waals surface area (Å²) in [6.45, 7) is 1.94. The van der Waals surface area contributed by atoms with Crippen molar-refractivity contribution in [2.24, 2.45) is 0 Å². The highest BCUT2D eigenvalue weighted by molar-refractivity contribution is 8.01. The minimum Gasteiger partial charge on any atom is -0.258 e. The van der Waals surface area contributed by atoms with E-state index in [1.54, 1.807) is 0 Å². The first kappa shape index (κ1) is 13.5. The average Bonchev–Trinajstić information content (AvgIpc) is 2.74. The van der Waals surface area contributed by atoms with Crippen LogP contribution >= 0.6 is 23.1 Å². The van der Waals surface area contributed by atoms with E-state index in [2.05, 4.69) is 0 Å². The van der Waals surface area contributed by atoms with E-state index in [1.807, 2.05) is 19.1 Å². The highest BCUT2D eigenvalue weighted by Gasteiger charge is 2.20. The van der Waals surface area contributed by atoms with E-state index in [-0.39, 0.29) is 11.4 Å². The number of benzene rings is 1. The molecule has 0 saturated carbocycles. The first-order valence-electron chi connectivity index (χ1n) is 5.14. The topological polar surface area (TPSA) is 86.3 Å². The van der Waals surface area contributed by atoms with Gasteiger partial charge in [0.15, 0.2) is 0 Å². The van der Waals surface area contributed by atoms with Crippen molar-refractivity contribution in [3.05, 3.63) is 55.4 Å². The summed E-state index contributed by atoms with van der Waals surface area (Å²) in [4.78, 5) is 21.9. The lowest BCUT2D eigenvalue weighted by molar-refractivity contribution is -0.396. The fraction of sp³-hybridized carbons (Fsp3) is 0.0909. The standard InChI is InChI=1S/C11H8N2O4S2/c1-7-2-5-11(18-7)19-10-4-3-8(12(14)15)6-9(10)13(16)17/h2-6H,1H3. The molecule has 0 fully saturated rings. The Morgan fingerprint density at radius 2 is 1.84 bits per heavy atom. The van der Waals surface area contributed by atoms with Crippen LogP contribution in [0.3, 0.4) is 0 Å². The van der Waals surface area contributed by atoms with Crippen molar-refractivity contribution in [1.29, 1.82) is 0 Å². The molecule has 0 radical (unpaired) electrons. The van der Waals surface area contributed by atoms with Crippen LogP contribution in [0.25, 0.3) is 0 Å². The minimum absolute atomic E-state index is 0.245. The summed E-state index contributed by atoms with van der Waals surface area (Å²) < 4.78 is 0.912. The molecule has 0 saturated heterocycles. The second kappa shape index (κ2) is 5.37. The van der Waals surface area contributed by atoms with Crippen LogP contribution < -0.4 is 0 Å². The fourth-order valence-electron chi connectivity index (χ4n) is 1.42. The summed E-state index contributed by atoms with van der Waals surface area (Å²) in [5.41, 5.74) is -0.524. The Hall–Kier alpha value is -1.93. The van der Waals surface area contributed by atoms with Gasteiger partial charge >= 0.3 is 0 Å². The van der Waals surface area contributed by atoms with Crippen molar-refractivity contribution in [1.82, 2.24) is 0 Å². The van der Waals surface area contributed by atoms with Gasteiger partial charge in [0.2, 0.25) is 0 Å². The number of nitro groups is 2. The van der Waals surface area contributed by atoms with E-state index in [0.717, 1.165) is 15.2 Å². The second-order valence-corrected chi connectivity index (χ2v) is 6.26. The Kier molecular flexibility index (Phi) is 3.82. The molecule has 98 valence electrons. The Bertz CT molecular complexity index is 654. The van der Waals surface area contributed by atoms with E-state index in [4.69, 9.17) is 0 Å². The number of rotatable bonds is 4. The van der Waals surface area contributed by atoms with Crippen LogP contribution in [0.1, 0.15) is 4.88 Å². The van der Waals surface area contributed by atoms with Crippen LogP contribution in [-0.4, -0.2) is 9.85 Å². The first-order chi connectivity index (χ1) is 8.97. The molecule has 1 aromatic carbocycles. The molecule has 19 heavy (non-hydrogen) atoms. The number of nitrogens with zero attached hydrogens (tertiary/aromatic N) is 2. The quantitative estimate of drug-likeness (QED) is 0.628. The number of aryl methyl sites for hydroxylation is 1. The number of hydrogen-bond acceptors (Lipinski definition) is 6. The lowest BCUT2D eigenvalue weighted by Gasteiger charge is -2.00. The van der Waals surface area contributed by atoms with Crippen molar-refractivity contribution in [2.45, 2.75) is 16.0 Å². The monoisotopic (exact) mass is 296 g/mol. The van der Waals surface area contributed by atoms with Gasteiger partial charge in [0, 0.05) is 10.9 Å². The van der Waals surface area contributed by atoms with Gasteiger partial charge in [-0.25, -0.2) is 0 Å². The molecule has 1 heterocycles. The van der Waals surface area contributed by atoms with E-state index in [1.165, 1.54) is 35.2 Å². The van der Waals surface area contributed by atoms with Crippen molar-refractivity contribution < 1.29 is 9.85 Å². The third-order valence-electron chi connectivity index (χ3n) is 2.28. The smallest absolute Gasteiger partial charge is 0.258 e. The van der Waals surface area contributed by atoms with Crippen molar-refractivity contribution in [3.63, 3.8) is 0 Å². The molecule has 0 N–H and O–H groups in total. The molecule has 0 aliphatic carbocycles. The fourth-order valence-corrected chi connectivity index (χ4v) is 3.57. The van der Waals surface area contributed by atoms with Gasteiger partial charge in [-0.3, -0.25) is 20.2 Å². The third kappa shape index (κ3) is 3.09. The van der Waals surface area contributed by atoms with Gasteiger partial charge in [-0.1, -0.05) is 11.8 Å². The largest absolute Gasteiger partial charge is 0.290 e. The van der Waals surface area contributed by atoms with Gasteiger partial charge in [0.25, 0.3) is 11.4 Å². The molecule has 0 amide bonds. The van der Waals surface area contributed by atoms with E-state index in [9.17, 15) is 20.2 Å². The van der Waals surface area contributed by atoms with Gasteiger partial charge in [0.05, 0.1) is 25.0 Å². The summed E-state index contributed by atoms with van der Waals surface area (Å²) >= 11 is 2.76. The molecule has 0 bridgehead atoms. The Balaban J connectivity index is 2.39. The van der Waals surface area contributed by atoms with Crippen molar-refractivity contribution in [3.8, 4) is 0 Å². The lowest BCUT2D eigenvalue weighted by Crippen LogP contribution is -1.94. The molecule has 0 spiro atoms. The highest BCUT2D eigenvalue weighted by Crippen LogP contribution is 2.39. The summed E-state index contributed by atoms with van der Waals surface area (Å²) in [5.74, 6) is 0. The number of thiophene rings is 1. The van der Waals surface area contributed by atoms with E-state index < -0.39 is 9.85 Å². The lowest BCUT2D eigenvalue weighted by atomic mass is 10.3. The Labute approximate surface area is 116 Å². The normalized spacial score (nSPS) is 10.4. The van der Waals surface area contributed by atoms with E-state index in [0.29, 0.717) is 4.90 Å². The highest BCUT2D eigenvalue weighted by atomic mass is 32.2. The summed E-state index contributed by atoms with van der Waals surface area (Å²) in [5, 5.41) is 21.6. The van der Waals surface area contributed by atoms with Gasteiger partial charge in [0.1, 0.15) is 0 Å². The summed E-state index contributed by atoms with van der Waals surface area (Å²) in [6, 6.07) is 7.47. The van der Waals surface area contributed by atoms with Crippen LogP contribution in [-0.2, 0) is 0 Å². The predicted molar refractivity (Wildman–Crippen MR) is 72.9 cm³/mol. The second-order valence-electron chi connectivity index (χ2n) is 3.63. The molecule has 2 rings (SSSR count). The van der Waals surface area contributed by atoms with Gasteiger partial charge in [-0.2, -0.15) is 0 Å². The predicted octanol–water partition coefficient (Wildman–Crippen LogP) is 4.02. The number of hydrogen-bond donors (Lipinski definition) is 0. The first-order valence-corrected chi connectivity index (χ1v) is 6.78. The van der Waals surface area contributed by atoms with Crippen LogP contribution in [0.5, 0.6) is 0 Å². The van der Waals surface area contributed by atoms with Crippen LogP contribution in [0.15, 0.2) is 39.4 Å². The maximum Gasteiger partial charge on any atom is 0.290 e. The molecule has 6 nitrogen and oxygen atoms in total. The zero-order chi connectivity index (χ0) is 14.0. The molecule has 2 aromatic rings. The van der Waals surface area contributed by atoms with Gasteiger partial charge < -0.3 is 0 Å². The zero-order valence-corrected chi connectivity index (χ0v) is 11.4. The molecular formula is C11H8N2O4S2. The van der Waals surface area contributed by atoms with Gasteiger partial charge in [-0.05, 0) is 25.1 Å². The molecule has 0 aliphatic heterocycles. The summed E-state index contributed by atoms with van der Waals surface area (Å²) in [7, 11) is 0. The molecule has 1 aromatic heterocycles. The van der Waals surface area contributed by atoms with Crippen molar-refractivity contribution >= 4 is 34.5 Å². The molecule has 0 unspecified atom stereocenters. The number of nitro benzene ring substituents is 2. The van der Waals surface area contributed by atoms with Gasteiger partial charge in [-0.15, -0.1) is 11.3 Å². The maximum absolute atomic E-state index is 11.0. The molecular weight excluding hydrogens is 288 g/mol. The molecule has 0 atom stereocenters. The average molecular weight is 296 g/mol. The third-order valence-corrected chi connectivity index (χ3v) is 4.47. The maximum atomic E-state index is 11.0. The van der Waals surface area contributed by atoms with Crippen LogP contribution in [0, 0.1) is 27.2 Å². The Morgan fingerprint density at radius 3 is 2.37 bits per heavy atom. The number of non-ortho nitro benzene ring substituents is 1. The Morgan fingerprint density at radius 1 is 1.11 bits per heavy atom. The summed E-state index contributed by atoms with van der Waals surface area (Å²) in [6.07, 6.45) is 0. The van der Waals surface area contributed by atoms with Crippen LogP contribution in [0.2, 0.25) is 0 Å². The molecule has 8 heteroatoms. The van der Waals surface area contributed by atoms with E-state index >= 15 is 0 Å². The zero-order valence-electron chi connectivity index (χ0n) is 9.73.